The largest absolute Gasteiger partial charge is 0.393 e. The van der Waals surface area contributed by atoms with Crippen molar-refractivity contribution in [1.29, 1.82) is 0 Å². The summed E-state index contributed by atoms with van der Waals surface area (Å²) in [6.07, 6.45) is 2.77. The molecule has 3 N–H and O–H groups in total. The van der Waals surface area contributed by atoms with E-state index in [0.29, 0.717) is 12.2 Å². The minimum absolute atomic E-state index is 0.311. The topological polar surface area (TPSA) is 76.4 Å². The Kier molecular flexibility index (Phi) is 2.55. The number of hydrogen-bond acceptors (Lipinski definition) is 4. The van der Waals surface area contributed by atoms with Gasteiger partial charge in [0.15, 0.2) is 5.65 Å². The van der Waals surface area contributed by atoms with Gasteiger partial charge in [-0.25, -0.2) is 4.98 Å². The lowest BCUT2D eigenvalue weighted by atomic mass is 10.1. The number of anilines is 1. The molecule has 2 aromatic heterocycles. The third-order valence-electron chi connectivity index (χ3n) is 2.26. The van der Waals surface area contributed by atoms with E-state index in [1.54, 1.807) is 23.7 Å². The van der Waals surface area contributed by atoms with Crippen molar-refractivity contribution in [3.63, 3.8) is 0 Å². The SMILES string of the molecule is CC(O)CCc1cc(N)n2nccc2n1. The molecule has 0 aliphatic heterocycles. The Morgan fingerprint density at radius 3 is 3.13 bits per heavy atom. The van der Waals surface area contributed by atoms with Crippen LogP contribution in [0.15, 0.2) is 18.3 Å². The van der Waals surface area contributed by atoms with E-state index in [4.69, 9.17) is 5.73 Å². The maximum Gasteiger partial charge on any atom is 0.157 e. The molecule has 0 spiro atoms. The molecule has 0 saturated heterocycles. The first-order chi connectivity index (χ1) is 7.16. The molecule has 0 radical (unpaired) electrons. The van der Waals surface area contributed by atoms with Gasteiger partial charge >= 0.3 is 0 Å². The number of nitrogens with zero attached hydrogens (tertiary/aromatic N) is 3. The van der Waals surface area contributed by atoms with Gasteiger partial charge < -0.3 is 10.8 Å². The van der Waals surface area contributed by atoms with Crippen LogP contribution in [0.4, 0.5) is 5.82 Å². The van der Waals surface area contributed by atoms with Crippen LogP contribution in [-0.2, 0) is 6.42 Å². The summed E-state index contributed by atoms with van der Waals surface area (Å²) in [7, 11) is 0. The smallest absolute Gasteiger partial charge is 0.157 e. The van der Waals surface area contributed by atoms with E-state index in [1.165, 1.54) is 0 Å². The Morgan fingerprint density at radius 1 is 1.60 bits per heavy atom. The fourth-order valence-electron chi connectivity index (χ4n) is 1.48. The van der Waals surface area contributed by atoms with Crippen molar-refractivity contribution < 1.29 is 5.11 Å². The lowest BCUT2D eigenvalue weighted by Gasteiger charge is -2.05. The first kappa shape index (κ1) is 9.92. The van der Waals surface area contributed by atoms with Crippen LogP contribution < -0.4 is 5.73 Å². The Bertz CT molecular complexity index is 463. The van der Waals surface area contributed by atoms with Crippen molar-refractivity contribution in [3.8, 4) is 0 Å². The summed E-state index contributed by atoms with van der Waals surface area (Å²) < 4.78 is 1.59. The molecule has 0 aliphatic rings. The zero-order valence-corrected chi connectivity index (χ0v) is 8.59. The van der Waals surface area contributed by atoms with Gasteiger partial charge in [0.25, 0.3) is 0 Å². The highest BCUT2D eigenvalue weighted by atomic mass is 16.3. The molecule has 1 atom stereocenters. The molecule has 5 nitrogen and oxygen atoms in total. The second-order valence-electron chi connectivity index (χ2n) is 3.66. The van der Waals surface area contributed by atoms with E-state index in [9.17, 15) is 5.11 Å². The summed E-state index contributed by atoms with van der Waals surface area (Å²) >= 11 is 0. The number of nitrogen functional groups attached to an aromatic ring is 1. The average Bonchev–Trinajstić information content (AvgIpc) is 2.63. The number of hydrogen-bond donors (Lipinski definition) is 2. The van der Waals surface area contributed by atoms with Gasteiger partial charge in [-0.3, -0.25) is 0 Å². The normalized spacial score (nSPS) is 13.2. The van der Waals surface area contributed by atoms with Crippen molar-refractivity contribution in [3.05, 3.63) is 24.0 Å². The molecule has 0 aliphatic carbocycles. The number of aromatic nitrogens is 3. The van der Waals surface area contributed by atoms with E-state index in [2.05, 4.69) is 10.1 Å². The van der Waals surface area contributed by atoms with Gasteiger partial charge in [-0.1, -0.05) is 0 Å². The molecule has 0 aromatic carbocycles. The number of aliphatic hydroxyl groups is 1. The van der Waals surface area contributed by atoms with E-state index in [-0.39, 0.29) is 6.10 Å². The van der Waals surface area contributed by atoms with Gasteiger partial charge in [-0.15, -0.1) is 0 Å². The van der Waals surface area contributed by atoms with Crippen LogP contribution in [0.2, 0.25) is 0 Å². The van der Waals surface area contributed by atoms with E-state index in [1.807, 2.05) is 6.07 Å². The van der Waals surface area contributed by atoms with Crippen LogP contribution in [-0.4, -0.2) is 25.8 Å². The average molecular weight is 206 g/mol. The molecule has 2 heterocycles. The summed E-state index contributed by atoms with van der Waals surface area (Å²) in [5, 5.41) is 13.2. The summed E-state index contributed by atoms with van der Waals surface area (Å²) in [5.41, 5.74) is 7.44. The van der Waals surface area contributed by atoms with Gasteiger partial charge in [-0.2, -0.15) is 9.61 Å². The van der Waals surface area contributed by atoms with E-state index >= 15 is 0 Å². The fraction of sp³-hybridized carbons (Fsp3) is 0.400. The lowest BCUT2D eigenvalue weighted by molar-refractivity contribution is 0.184. The van der Waals surface area contributed by atoms with Crippen LogP contribution in [0.3, 0.4) is 0 Å². The first-order valence-electron chi connectivity index (χ1n) is 4.94. The van der Waals surface area contributed by atoms with Crippen molar-refractivity contribution in [2.75, 3.05) is 5.73 Å². The van der Waals surface area contributed by atoms with Crippen molar-refractivity contribution in [2.45, 2.75) is 25.9 Å². The second kappa shape index (κ2) is 3.86. The Balaban J connectivity index is 2.28. The predicted molar refractivity (Wildman–Crippen MR) is 57.4 cm³/mol. The summed E-state index contributed by atoms with van der Waals surface area (Å²) in [6.45, 7) is 1.76. The lowest BCUT2D eigenvalue weighted by Crippen LogP contribution is -2.06. The number of rotatable bonds is 3. The summed E-state index contributed by atoms with van der Waals surface area (Å²) in [4.78, 5) is 4.38. The highest BCUT2D eigenvalue weighted by Gasteiger charge is 2.04. The standard InChI is InChI=1S/C10H14N4O/c1-7(15)2-3-8-6-9(11)14-10(13-8)4-5-12-14/h4-7,15H,2-3,11H2,1H3. The summed E-state index contributed by atoms with van der Waals surface area (Å²) in [6, 6.07) is 3.60. The summed E-state index contributed by atoms with van der Waals surface area (Å²) in [5.74, 6) is 0.575. The molecule has 0 fully saturated rings. The highest BCUT2D eigenvalue weighted by molar-refractivity contribution is 5.46. The molecule has 0 bridgehead atoms. The Labute approximate surface area is 87.6 Å². The minimum Gasteiger partial charge on any atom is -0.393 e. The van der Waals surface area contributed by atoms with Crippen LogP contribution >= 0.6 is 0 Å². The maximum absolute atomic E-state index is 9.18. The van der Waals surface area contributed by atoms with Gasteiger partial charge in [-0.05, 0) is 19.8 Å². The third kappa shape index (κ3) is 2.07. The van der Waals surface area contributed by atoms with Crippen LogP contribution in [0.1, 0.15) is 19.0 Å². The van der Waals surface area contributed by atoms with Crippen LogP contribution in [0.5, 0.6) is 0 Å². The second-order valence-corrected chi connectivity index (χ2v) is 3.66. The molecule has 2 rings (SSSR count). The van der Waals surface area contributed by atoms with Crippen LogP contribution in [0.25, 0.3) is 5.65 Å². The molecule has 80 valence electrons. The first-order valence-corrected chi connectivity index (χ1v) is 4.94. The molecule has 0 amide bonds. The van der Waals surface area contributed by atoms with Crippen LogP contribution in [0, 0.1) is 0 Å². The van der Waals surface area contributed by atoms with E-state index < -0.39 is 0 Å². The third-order valence-corrected chi connectivity index (χ3v) is 2.26. The van der Waals surface area contributed by atoms with Crippen molar-refractivity contribution >= 4 is 11.5 Å². The monoisotopic (exact) mass is 206 g/mol. The number of aryl methyl sites for hydroxylation is 1. The van der Waals surface area contributed by atoms with E-state index in [0.717, 1.165) is 17.8 Å². The number of aliphatic hydroxyl groups excluding tert-OH is 1. The Hall–Kier alpha value is -1.62. The number of nitrogens with two attached hydrogens (primary N) is 1. The molecular weight excluding hydrogens is 192 g/mol. The maximum atomic E-state index is 9.18. The van der Waals surface area contributed by atoms with Gasteiger partial charge in [0.2, 0.25) is 0 Å². The van der Waals surface area contributed by atoms with Gasteiger partial charge in [0.1, 0.15) is 5.82 Å². The highest BCUT2D eigenvalue weighted by Crippen LogP contribution is 2.10. The molecule has 2 aromatic rings. The fourth-order valence-corrected chi connectivity index (χ4v) is 1.48. The van der Waals surface area contributed by atoms with Gasteiger partial charge in [0.05, 0.1) is 12.3 Å². The molecule has 0 saturated carbocycles. The zero-order chi connectivity index (χ0) is 10.8. The zero-order valence-electron chi connectivity index (χ0n) is 8.59. The predicted octanol–water partition coefficient (Wildman–Crippen LogP) is 0.625. The molecule has 1 unspecified atom stereocenters. The van der Waals surface area contributed by atoms with Gasteiger partial charge in [0, 0.05) is 17.8 Å². The van der Waals surface area contributed by atoms with Crippen molar-refractivity contribution in [2.24, 2.45) is 0 Å². The van der Waals surface area contributed by atoms with Crippen molar-refractivity contribution in [1.82, 2.24) is 14.6 Å². The molecule has 15 heavy (non-hydrogen) atoms. The number of fused-ring (bicyclic) bond motifs is 1. The quantitative estimate of drug-likeness (QED) is 0.772. The minimum atomic E-state index is -0.311. The Morgan fingerprint density at radius 2 is 2.40 bits per heavy atom. The molecular formula is C10H14N4O. The molecule has 5 heteroatoms.